The molecule has 1 aromatic heterocycles. The van der Waals surface area contributed by atoms with Crippen LogP contribution in [0.2, 0.25) is 0 Å². The first-order valence-corrected chi connectivity index (χ1v) is 6.82. The fraction of sp³-hybridized carbons (Fsp3) is 0.467. The van der Waals surface area contributed by atoms with E-state index in [2.05, 4.69) is 28.8 Å². The average molecular weight is 272 g/mol. The molecule has 1 saturated heterocycles. The topological polar surface area (TPSA) is 62.5 Å². The van der Waals surface area contributed by atoms with Crippen LogP contribution < -0.4 is 5.73 Å². The minimum atomic E-state index is 0.0317. The minimum absolute atomic E-state index is 0.0317. The van der Waals surface area contributed by atoms with Crippen molar-refractivity contribution in [3.05, 3.63) is 29.6 Å². The molecule has 1 amide bonds. The molecular weight excluding hydrogens is 252 g/mol. The third-order valence-corrected chi connectivity index (χ3v) is 3.33. The quantitative estimate of drug-likeness (QED) is 0.740. The fourth-order valence-electron chi connectivity index (χ4n) is 2.21. The van der Waals surface area contributed by atoms with Crippen LogP contribution in [-0.4, -0.2) is 60.5 Å². The molecule has 0 aliphatic carbocycles. The van der Waals surface area contributed by atoms with Gasteiger partial charge in [-0.1, -0.05) is 11.8 Å². The lowest BCUT2D eigenvalue weighted by Gasteiger charge is -2.20. The number of nitrogens with two attached hydrogens (primary N) is 1. The van der Waals surface area contributed by atoms with E-state index in [0.29, 0.717) is 12.1 Å². The summed E-state index contributed by atoms with van der Waals surface area (Å²) < 4.78 is 0. The average Bonchev–Trinajstić information content (AvgIpc) is 2.69. The highest BCUT2D eigenvalue weighted by atomic mass is 16.2. The zero-order valence-electron chi connectivity index (χ0n) is 11.8. The smallest absolute Gasteiger partial charge is 0.255 e. The number of hydrogen-bond acceptors (Lipinski definition) is 4. The molecule has 0 atom stereocenters. The SMILES string of the molecule is CN1CCCN(C(=O)c2cncc(C#CCN)c2)CC1. The number of rotatable bonds is 1. The van der Waals surface area contributed by atoms with Gasteiger partial charge in [-0.25, -0.2) is 0 Å². The minimum Gasteiger partial charge on any atom is -0.337 e. The molecule has 0 spiro atoms. The van der Waals surface area contributed by atoms with Crippen molar-refractivity contribution < 1.29 is 4.79 Å². The fourth-order valence-corrected chi connectivity index (χ4v) is 2.21. The van der Waals surface area contributed by atoms with Gasteiger partial charge in [-0.2, -0.15) is 0 Å². The van der Waals surface area contributed by atoms with Crippen LogP contribution in [0.15, 0.2) is 18.5 Å². The van der Waals surface area contributed by atoms with E-state index in [-0.39, 0.29) is 5.91 Å². The number of pyridine rings is 1. The summed E-state index contributed by atoms with van der Waals surface area (Å²) in [4.78, 5) is 20.7. The third-order valence-electron chi connectivity index (χ3n) is 3.33. The molecule has 0 aromatic carbocycles. The maximum Gasteiger partial charge on any atom is 0.255 e. The molecule has 1 aromatic rings. The Kier molecular flexibility index (Phi) is 5.10. The van der Waals surface area contributed by atoms with E-state index in [0.717, 1.165) is 38.2 Å². The van der Waals surface area contributed by atoms with Gasteiger partial charge in [-0.15, -0.1) is 0 Å². The number of hydrogen-bond donors (Lipinski definition) is 1. The first-order chi connectivity index (χ1) is 9.70. The third kappa shape index (κ3) is 3.80. The van der Waals surface area contributed by atoms with Crippen molar-refractivity contribution in [3.63, 3.8) is 0 Å². The van der Waals surface area contributed by atoms with Crippen molar-refractivity contribution in [2.24, 2.45) is 5.73 Å². The van der Waals surface area contributed by atoms with Crippen molar-refractivity contribution in [2.45, 2.75) is 6.42 Å². The Morgan fingerprint density at radius 3 is 3.00 bits per heavy atom. The maximum atomic E-state index is 12.5. The monoisotopic (exact) mass is 272 g/mol. The van der Waals surface area contributed by atoms with Gasteiger partial charge in [0.1, 0.15) is 0 Å². The summed E-state index contributed by atoms with van der Waals surface area (Å²) in [6.07, 6.45) is 4.25. The zero-order valence-corrected chi connectivity index (χ0v) is 11.8. The summed E-state index contributed by atoms with van der Waals surface area (Å²) in [5.74, 6) is 5.71. The molecule has 5 nitrogen and oxygen atoms in total. The summed E-state index contributed by atoms with van der Waals surface area (Å²) in [5.41, 5.74) is 6.67. The van der Waals surface area contributed by atoms with Gasteiger partial charge in [-0.05, 0) is 26.1 Å². The van der Waals surface area contributed by atoms with Gasteiger partial charge in [0.15, 0.2) is 0 Å². The molecular formula is C15H20N4O. The van der Waals surface area contributed by atoms with Gasteiger partial charge < -0.3 is 15.5 Å². The van der Waals surface area contributed by atoms with E-state index in [4.69, 9.17) is 5.73 Å². The van der Waals surface area contributed by atoms with Crippen molar-refractivity contribution >= 4 is 5.91 Å². The van der Waals surface area contributed by atoms with Crippen LogP contribution in [0.4, 0.5) is 0 Å². The molecule has 1 aliphatic heterocycles. The van der Waals surface area contributed by atoms with Gasteiger partial charge in [0.25, 0.3) is 5.91 Å². The number of amides is 1. The second-order valence-electron chi connectivity index (χ2n) is 4.92. The summed E-state index contributed by atoms with van der Waals surface area (Å²) >= 11 is 0. The molecule has 0 bridgehead atoms. The molecule has 106 valence electrons. The van der Waals surface area contributed by atoms with Gasteiger partial charge in [0.05, 0.1) is 12.1 Å². The van der Waals surface area contributed by atoms with E-state index >= 15 is 0 Å². The molecule has 1 fully saturated rings. The van der Waals surface area contributed by atoms with E-state index in [9.17, 15) is 4.79 Å². The van der Waals surface area contributed by atoms with Crippen LogP contribution in [0.5, 0.6) is 0 Å². The highest BCUT2D eigenvalue weighted by molar-refractivity contribution is 5.94. The Morgan fingerprint density at radius 1 is 1.35 bits per heavy atom. The van der Waals surface area contributed by atoms with Crippen LogP contribution in [0.1, 0.15) is 22.3 Å². The van der Waals surface area contributed by atoms with E-state index < -0.39 is 0 Å². The van der Waals surface area contributed by atoms with Gasteiger partial charge in [-0.3, -0.25) is 9.78 Å². The molecule has 2 N–H and O–H groups in total. The van der Waals surface area contributed by atoms with Crippen LogP contribution in [0.3, 0.4) is 0 Å². The number of aromatic nitrogens is 1. The van der Waals surface area contributed by atoms with Crippen LogP contribution in [0, 0.1) is 11.8 Å². The van der Waals surface area contributed by atoms with Crippen molar-refractivity contribution in [1.29, 1.82) is 0 Å². The van der Waals surface area contributed by atoms with Crippen LogP contribution in [-0.2, 0) is 0 Å². The van der Waals surface area contributed by atoms with Crippen LogP contribution in [0.25, 0.3) is 0 Å². The van der Waals surface area contributed by atoms with Crippen molar-refractivity contribution in [2.75, 3.05) is 39.8 Å². The predicted molar refractivity (Wildman–Crippen MR) is 78.2 cm³/mol. The molecule has 5 heteroatoms. The van der Waals surface area contributed by atoms with E-state index in [1.807, 2.05) is 4.90 Å². The summed E-state index contributed by atoms with van der Waals surface area (Å²) in [6, 6.07) is 1.78. The maximum absolute atomic E-state index is 12.5. The Morgan fingerprint density at radius 2 is 2.20 bits per heavy atom. The Bertz CT molecular complexity index is 532. The van der Waals surface area contributed by atoms with Crippen molar-refractivity contribution in [3.8, 4) is 11.8 Å². The van der Waals surface area contributed by atoms with Gasteiger partial charge in [0.2, 0.25) is 0 Å². The molecule has 20 heavy (non-hydrogen) atoms. The molecule has 0 unspecified atom stereocenters. The summed E-state index contributed by atoms with van der Waals surface area (Å²) in [7, 11) is 2.08. The number of nitrogens with zero attached hydrogens (tertiary/aromatic N) is 3. The van der Waals surface area contributed by atoms with Crippen molar-refractivity contribution in [1.82, 2.24) is 14.8 Å². The molecule has 0 saturated carbocycles. The zero-order chi connectivity index (χ0) is 14.4. The highest BCUT2D eigenvalue weighted by Gasteiger charge is 2.19. The normalized spacial score (nSPS) is 16.2. The molecule has 2 rings (SSSR count). The first kappa shape index (κ1) is 14.5. The Hall–Kier alpha value is -1.90. The highest BCUT2D eigenvalue weighted by Crippen LogP contribution is 2.09. The van der Waals surface area contributed by atoms with Gasteiger partial charge in [0, 0.05) is 37.6 Å². The second kappa shape index (κ2) is 7.04. The lowest BCUT2D eigenvalue weighted by molar-refractivity contribution is 0.0762. The lowest BCUT2D eigenvalue weighted by Crippen LogP contribution is -2.34. The molecule has 0 radical (unpaired) electrons. The summed E-state index contributed by atoms with van der Waals surface area (Å²) in [5, 5.41) is 0. The summed E-state index contributed by atoms with van der Waals surface area (Å²) in [6.45, 7) is 3.79. The van der Waals surface area contributed by atoms with E-state index in [1.165, 1.54) is 0 Å². The van der Waals surface area contributed by atoms with Crippen LogP contribution >= 0.6 is 0 Å². The Balaban J connectivity index is 2.12. The molecule has 2 heterocycles. The predicted octanol–water partition coefficient (Wildman–Crippen LogP) is 0.170. The number of likely N-dealkylation sites (N-methyl/N-ethyl adjacent to an activating group) is 1. The largest absolute Gasteiger partial charge is 0.337 e. The lowest BCUT2D eigenvalue weighted by atomic mass is 10.2. The second-order valence-corrected chi connectivity index (χ2v) is 4.92. The van der Waals surface area contributed by atoms with E-state index in [1.54, 1.807) is 18.5 Å². The standard InChI is InChI=1S/C15H20N4O/c1-18-6-3-7-19(9-8-18)15(20)14-10-13(4-2-5-16)11-17-12-14/h10-12H,3,5-9,16H2,1H3. The Labute approximate surface area is 119 Å². The number of carbonyl (C=O) groups excluding carboxylic acids is 1. The number of carbonyl (C=O) groups is 1. The first-order valence-electron chi connectivity index (χ1n) is 6.82. The molecule has 1 aliphatic rings. The van der Waals surface area contributed by atoms with Gasteiger partial charge >= 0.3 is 0 Å².